The molecule has 8 nitrogen and oxygen atoms in total. The maximum Gasteiger partial charge on any atom is 0.302 e. The summed E-state index contributed by atoms with van der Waals surface area (Å²) in [5.74, 6) is 0. The number of anilines is 2. The second-order valence-corrected chi connectivity index (χ2v) is 12.4. The molecule has 2 saturated heterocycles. The van der Waals surface area contributed by atoms with Gasteiger partial charge in [-0.3, -0.25) is 9.80 Å². The first-order valence-corrected chi connectivity index (χ1v) is 14.0. The summed E-state index contributed by atoms with van der Waals surface area (Å²) in [5, 5.41) is 0. The Morgan fingerprint density at radius 2 is 1.05 bits per heavy atom. The van der Waals surface area contributed by atoms with E-state index in [0.29, 0.717) is 0 Å². The SMILES string of the molecule is C.Cc1c(C)c(C)c2oc(N3CCN(C)C3)nc2c1C.Cc1c(C)c(C)c2oc(N3CC[N+](C)(C)C3)nc2c1C. The zero-order chi connectivity index (χ0) is 28.4. The van der Waals surface area contributed by atoms with Gasteiger partial charge in [-0.25, -0.2) is 0 Å². The van der Waals surface area contributed by atoms with Crippen LogP contribution < -0.4 is 9.80 Å². The molecular weight excluding hydrogens is 500 g/mol. The Hall–Kier alpha value is -3.10. The smallest absolute Gasteiger partial charge is 0.302 e. The second kappa shape index (κ2) is 10.7. The van der Waals surface area contributed by atoms with Crippen molar-refractivity contribution in [3.05, 3.63) is 44.5 Å². The molecule has 4 aromatic rings. The van der Waals surface area contributed by atoms with Crippen LogP contribution in [0.15, 0.2) is 8.83 Å². The third-order valence-electron chi connectivity index (χ3n) is 9.23. The standard InChI is InChI=1S/C16H24N3O.C15H21N3O.CH4/c1-10-11(2)13(4)15-14(12(10)3)17-16(20-15)18-7-8-19(5,6)9-18;1-9-10(2)12(4)14-13(11(9)3)16-15(19-14)18-7-6-17(5)8-18;/h7-9H2,1-6H3;6-8H2,1-5H3;1H4/q+1;;. The van der Waals surface area contributed by atoms with E-state index in [2.05, 4.69) is 91.2 Å². The fraction of sp³-hybridized carbons (Fsp3) is 0.562. The molecule has 2 aliphatic heterocycles. The molecule has 2 aliphatic rings. The number of quaternary nitrogens is 1. The maximum absolute atomic E-state index is 6.10. The van der Waals surface area contributed by atoms with E-state index in [1.165, 1.54) is 44.5 Å². The lowest BCUT2D eigenvalue weighted by molar-refractivity contribution is -0.876. The summed E-state index contributed by atoms with van der Waals surface area (Å²) in [7, 11) is 6.61. The van der Waals surface area contributed by atoms with Crippen molar-refractivity contribution in [2.45, 2.75) is 62.8 Å². The highest BCUT2D eigenvalue weighted by molar-refractivity contribution is 5.85. The lowest BCUT2D eigenvalue weighted by atomic mass is 9.98. The van der Waals surface area contributed by atoms with E-state index in [9.17, 15) is 0 Å². The van der Waals surface area contributed by atoms with E-state index in [4.69, 9.17) is 18.8 Å². The molecule has 6 rings (SSSR count). The van der Waals surface area contributed by atoms with Crippen LogP contribution in [0.2, 0.25) is 0 Å². The molecule has 4 heterocycles. The van der Waals surface area contributed by atoms with Crippen molar-refractivity contribution >= 4 is 34.2 Å². The Labute approximate surface area is 240 Å². The van der Waals surface area contributed by atoms with Crippen molar-refractivity contribution in [3.63, 3.8) is 0 Å². The van der Waals surface area contributed by atoms with Crippen LogP contribution in [0.25, 0.3) is 22.2 Å². The number of aryl methyl sites for hydroxylation is 4. The summed E-state index contributed by atoms with van der Waals surface area (Å²) in [6, 6.07) is 1.54. The number of fused-ring (bicyclic) bond motifs is 2. The lowest BCUT2D eigenvalue weighted by Gasteiger charge is -2.22. The molecule has 2 fully saturated rings. The van der Waals surface area contributed by atoms with Crippen LogP contribution in [-0.2, 0) is 0 Å². The largest absolute Gasteiger partial charge is 0.423 e. The number of rotatable bonds is 2. The van der Waals surface area contributed by atoms with Crippen molar-refractivity contribution in [1.82, 2.24) is 14.9 Å². The molecule has 0 atom stereocenters. The number of nitrogens with zero attached hydrogens (tertiary/aromatic N) is 6. The summed E-state index contributed by atoms with van der Waals surface area (Å²) in [6.45, 7) is 23.2. The van der Waals surface area contributed by atoms with Gasteiger partial charge in [0.1, 0.15) is 11.0 Å². The zero-order valence-corrected chi connectivity index (χ0v) is 25.7. The average molecular weight is 550 g/mol. The lowest BCUT2D eigenvalue weighted by Crippen LogP contribution is -2.38. The highest BCUT2D eigenvalue weighted by Crippen LogP contribution is 2.34. The van der Waals surface area contributed by atoms with Gasteiger partial charge in [0.15, 0.2) is 17.8 Å². The first-order valence-electron chi connectivity index (χ1n) is 14.0. The predicted octanol–water partition coefficient (Wildman–Crippen LogP) is 6.32. The summed E-state index contributed by atoms with van der Waals surface area (Å²) < 4.78 is 13.1. The van der Waals surface area contributed by atoms with Gasteiger partial charge >= 0.3 is 6.01 Å². The normalized spacial score (nSPS) is 17.1. The number of aromatic nitrogens is 2. The third kappa shape index (κ3) is 5.07. The summed E-state index contributed by atoms with van der Waals surface area (Å²) in [6.07, 6.45) is 0. The van der Waals surface area contributed by atoms with Crippen molar-refractivity contribution in [1.29, 1.82) is 0 Å². The van der Waals surface area contributed by atoms with Crippen LogP contribution in [0.1, 0.15) is 51.9 Å². The number of likely N-dealkylation sites (N-methyl/N-ethyl adjacent to an activating group) is 2. The van der Waals surface area contributed by atoms with Crippen molar-refractivity contribution in [2.75, 3.05) is 70.5 Å². The van der Waals surface area contributed by atoms with Gasteiger partial charge < -0.3 is 18.2 Å². The molecular formula is C32H49N6O2+. The fourth-order valence-electron chi connectivity index (χ4n) is 5.76. The molecule has 0 saturated carbocycles. The number of hydrogen-bond acceptors (Lipinski definition) is 7. The molecule has 0 aliphatic carbocycles. The summed E-state index contributed by atoms with van der Waals surface area (Å²) >= 11 is 0. The highest BCUT2D eigenvalue weighted by atomic mass is 16.4. The number of hydrogen-bond donors (Lipinski definition) is 0. The van der Waals surface area contributed by atoms with Gasteiger partial charge in [-0.2, -0.15) is 9.97 Å². The first kappa shape index (κ1) is 29.9. The molecule has 2 aromatic carbocycles. The molecule has 218 valence electrons. The monoisotopic (exact) mass is 549 g/mol. The molecule has 40 heavy (non-hydrogen) atoms. The van der Waals surface area contributed by atoms with E-state index in [1.807, 2.05) is 0 Å². The Balaban J connectivity index is 0.000000181. The maximum atomic E-state index is 6.10. The summed E-state index contributed by atoms with van der Waals surface area (Å²) in [5.41, 5.74) is 14.1. The summed E-state index contributed by atoms with van der Waals surface area (Å²) in [4.78, 5) is 16.2. The zero-order valence-electron chi connectivity index (χ0n) is 25.7. The predicted molar refractivity (Wildman–Crippen MR) is 167 cm³/mol. The van der Waals surface area contributed by atoms with E-state index in [-0.39, 0.29) is 7.43 Å². The fourth-order valence-corrected chi connectivity index (χ4v) is 5.76. The topological polar surface area (TPSA) is 61.8 Å². The Morgan fingerprint density at radius 3 is 1.45 bits per heavy atom. The Morgan fingerprint density at radius 1 is 0.600 bits per heavy atom. The van der Waals surface area contributed by atoms with Gasteiger partial charge in [0, 0.05) is 13.1 Å². The molecule has 0 N–H and O–H groups in total. The van der Waals surface area contributed by atoms with E-state index >= 15 is 0 Å². The molecule has 0 spiro atoms. The Kier molecular flexibility index (Phi) is 8.00. The van der Waals surface area contributed by atoms with Gasteiger partial charge in [-0.05, 0) is 107 Å². The van der Waals surface area contributed by atoms with Gasteiger partial charge in [-0.15, -0.1) is 0 Å². The van der Waals surface area contributed by atoms with Gasteiger partial charge in [0.2, 0.25) is 0 Å². The number of benzene rings is 2. The van der Waals surface area contributed by atoms with E-state index in [0.717, 1.165) is 78.2 Å². The molecule has 2 aromatic heterocycles. The average Bonchev–Trinajstić information content (AvgIpc) is 3.69. The van der Waals surface area contributed by atoms with Crippen LogP contribution in [0.5, 0.6) is 0 Å². The van der Waals surface area contributed by atoms with E-state index in [1.54, 1.807) is 0 Å². The third-order valence-corrected chi connectivity index (χ3v) is 9.23. The quantitative estimate of drug-likeness (QED) is 0.271. The molecule has 0 amide bonds. The molecule has 0 bridgehead atoms. The minimum atomic E-state index is 0. The molecule has 8 heteroatoms. The van der Waals surface area contributed by atoms with Crippen LogP contribution in [-0.4, -0.2) is 80.0 Å². The van der Waals surface area contributed by atoms with Crippen LogP contribution in [0.3, 0.4) is 0 Å². The molecule has 0 radical (unpaired) electrons. The molecule has 0 unspecified atom stereocenters. The highest BCUT2D eigenvalue weighted by Gasteiger charge is 2.32. The second-order valence-electron chi connectivity index (χ2n) is 12.4. The van der Waals surface area contributed by atoms with Crippen molar-refractivity contribution in [3.8, 4) is 0 Å². The van der Waals surface area contributed by atoms with Gasteiger partial charge in [0.05, 0.1) is 33.9 Å². The first-order chi connectivity index (χ1) is 18.3. The Bertz CT molecular complexity index is 1470. The minimum absolute atomic E-state index is 0. The van der Waals surface area contributed by atoms with E-state index < -0.39 is 0 Å². The van der Waals surface area contributed by atoms with Crippen LogP contribution in [0, 0.1) is 55.4 Å². The minimum Gasteiger partial charge on any atom is -0.423 e. The van der Waals surface area contributed by atoms with Crippen LogP contribution in [0.4, 0.5) is 12.0 Å². The number of oxazole rings is 2. The van der Waals surface area contributed by atoms with Crippen molar-refractivity contribution < 1.29 is 13.3 Å². The van der Waals surface area contributed by atoms with Crippen molar-refractivity contribution in [2.24, 2.45) is 0 Å². The van der Waals surface area contributed by atoms with Crippen LogP contribution >= 0.6 is 0 Å². The van der Waals surface area contributed by atoms with Gasteiger partial charge in [0.25, 0.3) is 6.01 Å². The van der Waals surface area contributed by atoms with Gasteiger partial charge in [-0.1, -0.05) is 7.43 Å².